The molecule has 1 aliphatic rings. The highest BCUT2D eigenvalue weighted by molar-refractivity contribution is 7.98. The lowest BCUT2D eigenvalue weighted by Gasteiger charge is -2.06. The van der Waals surface area contributed by atoms with Crippen LogP contribution in [0.2, 0.25) is 0 Å². The molecule has 3 aromatic rings. The van der Waals surface area contributed by atoms with Gasteiger partial charge in [0.15, 0.2) is 0 Å². The maximum Gasteiger partial charge on any atom is 0.319 e. The predicted molar refractivity (Wildman–Crippen MR) is 82.5 cm³/mol. The fraction of sp³-hybridized carbons (Fsp3) is 0.357. The van der Waals surface area contributed by atoms with Gasteiger partial charge in [0.2, 0.25) is 0 Å². The summed E-state index contributed by atoms with van der Waals surface area (Å²) < 4.78 is 26.6. The number of hydrogen-bond donors (Lipinski definition) is 0. The lowest BCUT2D eigenvalue weighted by molar-refractivity contribution is 0.0678. The van der Waals surface area contributed by atoms with Crippen LogP contribution in [0.1, 0.15) is 29.2 Å². The van der Waals surface area contributed by atoms with Crippen molar-refractivity contribution in [3.8, 4) is 0 Å². The summed E-state index contributed by atoms with van der Waals surface area (Å²) in [5.74, 6) is 0.729. The van der Waals surface area contributed by atoms with Crippen LogP contribution < -0.4 is 0 Å². The molecule has 0 bridgehead atoms. The van der Waals surface area contributed by atoms with Gasteiger partial charge >= 0.3 is 6.55 Å². The predicted octanol–water partition coefficient (Wildman–Crippen LogP) is 4.06. The molecule has 1 aliphatic carbocycles. The van der Waals surface area contributed by atoms with Gasteiger partial charge < -0.3 is 0 Å². The van der Waals surface area contributed by atoms with E-state index in [9.17, 15) is 8.78 Å². The third kappa shape index (κ3) is 2.30. The molecule has 3 heterocycles. The second kappa shape index (κ2) is 5.58. The Morgan fingerprint density at radius 3 is 3.05 bits per heavy atom. The van der Waals surface area contributed by atoms with Crippen molar-refractivity contribution < 1.29 is 8.78 Å². The Kier molecular flexibility index (Phi) is 3.57. The molecule has 0 unspecified atom stereocenters. The Hall–Kier alpha value is -1.54. The highest BCUT2D eigenvalue weighted by atomic mass is 32.2. The second-order valence-electron chi connectivity index (χ2n) is 5.03. The largest absolute Gasteiger partial charge is 0.319 e. The van der Waals surface area contributed by atoms with E-state index in [0.29, 0.717) is 11.6 Å². The van der Waals surface area contributed by atoms with Crippen LogP contribution in [-0.2, 0) is 18.6 Å². The third-order valence-electron chi connectivity index (χ3n) is 3.76. The minimum atomic E-state index is -2.56. The normalized spacial score (nSPS) is 14.1. The van der Waals surface area contributed by atoms with E-state index in [1.807, 2.05) is 0 Å². The van der Waals surface area contributed by atoms with Gasteiger partial charge in [0.1, 0.15) is 22.0 Å². The quantitative estimate of drug-likeness (QED) is 0.531. The first-order valence-electron chi connectivity index (χ1n) is 6.92. The average molecular weight is 338 g/mol. The third-order valence-corrected chi connectivity index (χ3v) is 5.95. The summed E-state index contributed by atoms with van der Waals surface area (Å²) in [6.07, 6.45) is 7.60. The van der Waals surface area contributed by atoms with E-state index < -0.39 is 6.55 Å². The van der Waals surface area contributed by atoms with Crippen molar-refractivity contribution in [1.29, 1.82) is 0 Å². The van der Waals surface area contributed by atoms with Crippen molar-refractivity contribution >= 4 is 33.3 Å². The molecule has 0 aromatic carbocycles. The van der Waals surface area contributed by atoms with Crippen LogP contribution >= 0.6 is 23.1 Å². The van der Waals surface area contributed by atoms with E-state index in [-0.39, 0.29) is 0 Å². The van der Waals surface area contributed by atoms with Gasteiger partial charge in [-0.1, -0.05) is 11.8 Å². The number of thiophene rings is 1. The highest BCUT2D eigenvalue weighted by Gasteiger charge is 2.21. The average Bonchev–Trinajstić information content (AvgIpc) is 3.19. The number of imidazole rings is 1. The monoisotopic (exact) mass is 338 g/mol. The summed E-state index contributed by atoms with van der Waals surface area (Å²) in [4.78, 5) is 15.1. The highest BCUT2D eigenvalue weighted by Crippen LogP contribution is 2.40. The van der Waals surface area contributed by atoms with Crippen molar-refractivity contribution in [2.75, 3.05) is 0 Å². The summed E-state index contributed by atoms with van der Waals surface area (Å²) in [5, 5.41) is 1.98. The number of aryl methyl sites for hydroxylation is 2. The van der Waals surface area contributed by atoms with Crippen LogP contribution in [0.3, 0.4) is 0 Å². The summed E-state index contributed by atoms with van der Waals surface area (Å²) >= 11 is 3.18. The first-order valence-corrected chi connectivity index (χ1v) is 8.72. The topological polar surface area (TPSA) is 43.6 Å². The van der Waals surface area contributed by atoms with Gasteiger partial charge in [-0.15, -0.1) is 11.3 Å². The Bertz CT molecular complexity index is 827. The van der Waals surface area contributed by atoms with Gasteiger partial charge in [0.05, 0.1) is 5.75 Å². The molecule has 0 atom stereocenters. The number of nitrogens with zero attached hydrogens (tertiary/aromatic N) is 4. The Labute approximate surface area is 133 Å². The standard InChI is InChI=1S/C14H12F2N4S2/c15-14(16)20-5-4-17-10(20)6-21-12-11-8-2-1-3-9(8)22-13(11)19-7-18-12/h4-5,7,14H,1-3,6H2. The van der Waals surface area contributed by atoms with Crippen molar-refractivity contribution in [3.05, 3.63) is 35.0 Å². The Morgan fingerprint density at radius 1 is 1.27 bits per heavy atom. The van der Waals surface area contributed by atoms with Gasteiger partial charge in [-0.25, -0.2) is 15.0 Å². The first kappa shape index (κ1) is 14.1. The zero-order valence-corrected chi connectivity index (χ0v) is 13.1. The summed E-state index contributed by atoms with van der Waals surface area (Å²) in [6.45, 7) is -2.56. The molecule has 8 heteroatoms. The van der Waals surface area contributed by atoms with Crippen molar-refractivity contribution in [1.82, 2.24) is 19.5 Å². The molecule has 3 aromatic heterocycles. The van der Waals surface area contributed by atoms with Crippen LogP contribution in [0.5, 0.6) is 0 Å². The van der Waals surface area contributed by atoms with Crippen LogP contribution in [0.15, 0.2) is 23.7 Å². The molecule has 0 N–H and O–H groups in total. The van der Waals surface area contributed by atoms with E-state index in [0.717, 1.165) is 32.7 Å². The van der Waals surface area contributed by atoms with Crippen LogP contribution in [0.4, 0.5) is 8.78 Å². The molecule has 0 saturated heterocycles. The molecule has 4 rings (SSSR count). The smallest absolute Gasteiger partial charge is 0.277 e. The number of thioether (sulfide) groups is 1. The zero-order chi connectivity index (χ0) is 15.1. The van der Waals surface area contributed by atoms with Gasteiger partial charge in [-0.05, 0) is 24.8 Å². The van der Waals surface area contributed by atoms with E-state index in [2.05, 4.69) is 15.0 Å². The maximum atomic E-state index is 12.9. The number of alkyl halides is 2. The molecule has 0 aliphatic heterocycles. The molecule has 0 radical (unpaired) electrons. The molecule has 114 valence electrons. The maximum absolute atomic E-state index is 12.9. The number of fused-ring (bicyclic) bond motifs is 3. The second-order valence-corrected chi connectivity index (χ2v) is 7.08. The lowest BCUT2D eigenvalue weighted by atomic mass is 10.2. The van der Waals surface area contributed by atoms with Crippen molar-refractivity contribution in [3.63, 3.8) is 0 Å². The summed E-state index contributed by atoms with van der Waals surface area (Å²) in [7, 11) is 0. The lowest BCUT2D eigenvalue weighted by Crippen LogP contribution is -2.02. The van der Waals surface area contributed by atoms with Gasteiger partial charge in [-0.2, -0.15) is 8.78 Å². The van der Waals surface area contributed by atoms with Gasteiger partial charge in [-0.3, -0.25) is 4.57 Å². The van der Waals surface area contributed by atoms with E-state index >= 15 is 0 Å². The molecule has 4 nitrogen and oxygen atoms in total. The van der Waals surface area contributed by atoms with Gasteiger partial charge in [0, 0.05) is 22.7 Å². The summed E-state index contributed by atoms with van der Waals surface area (Å²) in [6, 6.07) is 0. The Morgan fingerprint density at radius 2 is 2.18 bits per heavy atom. The number of rotatable bonds is 4. The molecular weight excluding hydrogens is 326 g/mol. The van der Waals surface area contributed by atoms with Crippen LogP contribution in [0.25, 0.3) is 10.2 Å². The molecule has 0 amide bonds. The molecule has 0 fully saturated rings. The van der Waals surface area contributed by atoms with E-state index in [1.165, 1.54) is 41.0 Å². The SMILES string of the molecule is FC(F)n1ccnc1CSc1ncnc2sc3c(c12)CCC3. The van der Waals surface area contributed by atoms with E-state index in [4.69, 9.17) is 0 Å². The van der Waals surface area contributed by atoms with E-state index in [1.54, 1.807) is 17.7 Å². The summed E-state index contributed by atoms with van der Waals surface area (Å²) in [5.41, 5.74) is 1.35. The number of aromatic nitrogens is 4. The minimum absolute atomic E-state index is 0.360. The van der Waals surface area contributed by atoms with Crippen LogP contribution in [-0.4, -0.2) is 19.5 Å². The van der Waals surface area contributed by atoms with Gasteiger partial charge in [0.25, 0.3) is 0 Å². The van der Waals surface area contributed by atoms with Crippen molar-refractivity contribution in [2.24, 2.45) is 0 Å². The fourth-order valence-electron chi connectivity index (χ4n) is 2.78. The van der Waals surface area contributed by atoms with Crippen molar-refractivity contribution in [2.45, 2.75) is 36.6 Å². The number of hydrogen-bond acceptors (Lipinski definition) is 5. The molecule has 22 heavy (non-hydrogen) atoms. The first-order chi connectivity index (χ1) is 10.7. The number of halogens is 2. The molecule has 0 spiro atoms. The fourth-order valence-corrected chi connectivity index (χ4v) is 5.04. The minimum Gasteiger partial charge on any atom is -0.277 e. The molecule has 0 saturated carbocycles. The van der Waals surface area contributed by atoms with Crippen LogP contribution in [0, 0.1) is 0 Å². The Balaban J connectivity index is 1.66. The zero-order valence-electron chi connectivity index (χ0n) is 11.5. The molecular formula is C14H12F2N4S2.